The van der Waals surface area contributed by atoms with Gasteiger partial charge in [-0.25, -0.2) is 0 Å². The molecule has 0 saturated carbocycles. The molecule has 3 rings (SSSR count). The summed E-state index contributed by atoms with van der Waals surface area (Å²) in [5, 5.41) is 33.8. The molecule has 10 nitrogen and oxygen atoms in total. The third kappa shape index (κ3) is 6.14. The molecule has 0 spiro atoms. The van der Waals surface area contributed by atoms with Crippen molar-refractivity contribution in [3.05, 3.63) is 52.1 Å². The molecule has 212 valence electrons. The van der Waals surface area contributed by atoms with E-state index in [4.69, 9.17) is 23.7 Å². The number of methoxy groups -OCH3 is 3. The van der Waals surface area contributed by atoms with Gasteiger partial charge in [-0.05, 0) is 43.0 Å². The Balaban J connectivity index is 1.90. The standard InChI is InChI=1S/C29H38N2O8/c1-6-19(7-2)29(18-30,21-12-13-26(35-3)28(37-5)27(21)36-4)15-14-23(32)22(31(33)34)16-20-17-38-24-10-8-9-11-25(24)39-20/h8-13,19-20,22-23,32H,6-7,14-17H2,1-5H3. The number of nitrogens with zero attached hydrogens (tertiary/aromatic N) is 2. The van der Waals surface area contributed by atoms with Gasteiger partial charge in [-0.3, -0.25) is 10.1 Å². The Morgan fingerprint density at radius 1 is 1.10 bits per heavy atom. The lowest BCUT2D eigenvalue weighted by Crippen LogP contribution is -2.42. The van der Waals surface area contributed by atoms with Crippen LogP contribution in [0.25, 0.3) is 0 Å². The van der Waals surface area contributed by atoms with Crippen molar-refractivity contribution in [2.75, 3.05) is 27.9 Å². The van der Waals surface area contributed by atoms with Crippen molar-refractivity contribution < 1.29 is 33.7 Å². The highest BCUT2D eigenvalue weighted by atomic mass is 16.6. The monoisotopic (exact) mass is 542 g/mol. The molecule has 1 aliphatic heterocycles. The van der Waals surface area contributed by atoms with Crippen LogP contribution in [-0.2, 0) is 5.41 Å². The first-order valence-corrected chi connectivity index (χ1v) is 13.2. The van der Waals surface area contributed by atoms with Gasteiger partial charge in [0, 0.05) is 10.5 Å². The fourth-order valence-electron chi connectivity index (χ4n) is 5.60. The summed E-state index contributed by atoms with van der Waals surface area (Å²) < 4.78 is 28.3. The second-order valence-electron chi connectivity index (χ2n) is 9.67. The maximum Gasteiger partial charge on any atom is 0.242 e. The number of para-hydroxylation sites is 2. The molecular weight excluding hydrogens is 504 g/mol. The lowest BCUT2D eigenvalue weighted by Gasteiger charge is -2.37. The van der Waals surface area contributed by atoms with Gasteiger partial charge in [-0.2, -0.15) is 5.26 Å². The van der Waals surface area contributed by atoms with Gasteiger partial charge in [0.25, 0.3) is 0 Å². The van der Waals surface area contributed by atoms with E-state index in [2.05, 4.69) is 6.07 Å². The largest absolute Gasteiger partial charge is 0.493 e. The number of nitro groups is 1. The van der Waals surface area contributed by atoms with Crippen LogP contribution in [0.3, 0.4) is 0 Å². The number of rotatable bonds is 14. The molecule has 0 amide bonds. The minimum absolute atomic E-state index is 0.0252. The molecule has 0 aliphatic carbocycles. The van der Waals surface area contributed by atoms with Crippen LogP contribution >= 0.6 is 0 Å². The molecule has 0 aromatic heterocycles. The summed E-state index contributed by atoms with van der Waals surface area (Å²) in [6.07, 6.45) is -0.363. The van der Waals surface area contributed by atoms with E-state index in [9.17, 15) is 20.5 Å². The Kier molecular flexibility index (Phi) is 10.2. The Morgan fingerprint density at radius 2 is 1.77 bits per heavy atom. The second kappa shape index (κ2) is 13.4. The third-order valence-electron chi connectivity index (χ3n) is 7.69. The van der Waals surface area contributed by atoms with Crippen molar-refractivity contribution in [3.63, 3.8) is 0 Å². The van der Waals surface area contributed by atoms with Crippen molar-refractivity contribution in [3.8, 4) is 34.8 Å². The van der Waals surface area contributed by atoms with Crippen molar-refractivity contribution in [2.24, 2.45) is 5.92 Å². The smallest absolute Gasteiger partial charge is 0.242 e. The molecule has 0 saturated heterocycles. The highest BCUT2D eigenvalue weighted by molar-refractivity contribution is 5.59. The van der Waals surface area contributed by atoms with Crippen molar-refractivity contribution in [2.45, 2.75) is 69.6 Å². The van der Waals surface area contributed by atoms with E-state index in [1.807, 2.05) is 19.9 Å². The lowest BCUT2D eigenvalue weighted by molar-refractivity contribution is -0.537. The topological polar surface area (TPSA) is 133 Å². The van der Waals surface area contributed by atoms with Crippen LogP contribution in [0, 0.1) is 27.4 Å². The lowest BCUT2D eigenvalue weighted by atomic mass is 9.65. The Hall–Kier alpha value is -3.71. The predicted octanol–water partition coefficient (Wildman–Crippen LogP) is 4.93. The zero-order valence-corrected chi connectivity index (χ0v) is 23.2. The maximum atomic E-state index is 12.1. The number of hydrogen-bond donors (Lipinski definition) is 1. The number of hydrogen-bond acceptors (Lipinski definition) is 9. The van der Waals surface area contributed by atoms with E-state index in [-0.39, 0.29) is 31.8 Å². The van der Waals surface area contributed by atoms with Gasteiger partial charge >= 0.3 is 0 Å². The van der Waals surface area contributed by atoms with Crippen molar-refractivity contribution >= 4 is 0 Å². The van der Waals surface area contributed by atoms with E-state index in [0.29, 0.717) is 47.2 Å². The first kappa shape index (κ1) is 29.8. The highest BCUT2D eigenvalue weighted by Crippen LogP contribution is 2.50. The SMILES string of the molecule is CCC(CC)C(C#N)(CCC(O)C(CC1COc2ccccc2O1)[N+](=O)[O-])c1ccc(OC)c(OC)c1OC. The van der Waals surface area contributed by atoms with Crippen LogP contribution < -0.4 is 23.7 Å². The van der Waals surface area contributed by atoms with Crippen LogP contribution in [0.4, 0.5) is 0 Å². The number of nitriles is 1. The molecule has 1 aliphatic rings. The molecule has 39 heavy (non-hydrogen) atoms. The van der Waals surface area contributed by atoms with E-state index in [1.165, 1.54) is 21.3 Å². The first-order valence-electron chi connectivity index (χ1n) is 13.2. The van der Waals surface area contributed by atoms with Crippen LogP contribution in [-0.4, -0.2) is 56.2 Å². The number of fused-ring (bicyclic) bond motifs is 1. The van der Waals surface area contributed by atoms with E-state index in [1.54, 1.807) is 30.3 Å². The van der Waals surface area contributed by atoms with E-state index in [0.717, 1.165) is 0 Å². The summed E-state index contributed by atoms with van der Waals surface area (Å²) in [5.74, 6) is 2.18. The third-order valence-corrected chi connectivity index (χ3v) is 7.69. The molecule has 0 fully saturated rings. The maximum absolute atomic E-state index is 12.1. The zero-order chi connectivity index (χ0) is 28.6. The van der Waals surface area contributed by atoms with Crippen LogP contribution in [0.15, 0.2) is 36.4 Å². The molecule has 0 radical (unpaired) electrons. The molecule has 1 N–H and O–H groups in total. The second-order valence-corrected chi connectivity index (χ2v) is 9.67. The van der Waals surface area contributed by atoms with Crippen LogP contribution in [0.1, 0.15) is 51.5 Å². The minimum Gasteiger partial charge on any atom is -0.493 e. The van der Waals surface area contributed by atoms with E-state index >= 15 is 0 Å². The number of aliphatic hydroxyl groups excluding tert-OH is 1. The number of aliphatic hydroxyl groups is 1. The van der Waals surface area contributed by atoms with E-state index < -0.39 is 28.6 Å². The molecule has 0 bridgehead atoms. The van der Waals surface area contributed by atoms with Gasteiger partial charge in [0.1, 0.15) is 18.8 Å². The Bertz CT molecular complexity index is 1160. The molecular formula is C29H38N2O8. The Morgan fingerprint density at radius 3 is 2.33 bits per heavy atom. The summed E-state index contributed by atoms with van der Waals surface area (Å²) in [5.41, 5.74) is -0.496. The summed E-state index contributed by atoms with van der Waals surface area (Å²) in [4.78, 5) is 11.6. The molecule has 4 unspecified atom stereocenters. The number of ether oxygens (including phenoxy) is 5. The van der Waals surface area contributed by atoms with Crippen molar-refractivity contribution in [1.82, 2.24) is 0 Å². The fourth-order valence-corrected chi connectivity index (χ4v) is 5.60. The quantitative estimate of drug-likeness (QED) is 0.261. The van der Waals surface area contributed by atoms with Gasteiger partial charge in [0.15, 0.2) is 23.0 Å². The normalized spacial score (nSPS) is 17.4. The van der Waals surface area contributed by atoms with Gasteiger partial charge in [0.2, 0.25) is 11.8 Å². The summed E-state index contributed by atoms with van der Waals surface area (Å²) >= 11 is 0. The molecule has 10 heteroatoms. The van der Waals surface area contributed by atoms with Crippen molar-refractivity contribution in [1.29, 1.82) is 5.26 Å². The number of benzene rings is 2. The van der Waals surface area contributed by atoms with Crippen LogP contribution in [0.2, 0.25) is 0 Å². The van der Waals surface area contributed by atoms with Gasteiger partial charge in [-0.1, -0.05) is 38.8 Å². The molecule has 2 aromatic carbocycles. The zero-order valence-electron chi connectivity index (χ0n) is 23.2. The first-order chi connectivity index (χ1) is 18.8. The van der Waals surface area contributed by atoms with Crippen LogP contribution in [0.5, 0.6) is 28.7 Å². The molecule has 1 heterocycles. The molecule has 2 aromatic rings. The molecule has 4 atom stereocenters. The summed E-state index contributed by atoms with van der Waals surface area (Å²) in [6.45, 7) is 4.15. The summed E-state index contributed by atoms with van der Waals surface area (Å²) in [6, 6.07) is 11.8. The minimum atomic E-state index is -1.31. The average molecular weight is 543 g/mol. The summed E-state index contributed by atoms with van der Waals surface area (Å²) in [7, 11) is 4.51. The fraction of sp³-hybridized carbons (Fsp3) is 0.552. The van der Waals surface area contributed by atoms with Gasteiger partial charge in [0.05, 0.1) is 39.2 Å². The Labute approximate surface area is 229 Å². The predicted molar refractivity (Wildman–Crippen MR) is 144 cm³/mol. The average Bonchev–Trinajstić information content (AvgIpc) is 2.96. The highest BCUT2D eigenvalue weighted by Gasteiger charge is 2.44. The van der Waals surface area contributed by atoms with Gasteiger partial charge < -0.3 is 28.8 Å². The van der Waals surface area contributed by atoms with Gasteiger partial charge in [-0.15, -0.1) is 0 Å².